The van der Waals surface area contributed by atoms with Gasteiger partial charge in [-0.05, 0) is 43.2 Å². The van der Waals surface area contributed by atoms with E-state index in [1.54, 1.807) is 37.3 Å². The smallest absolute Gasteiger partial charge is 0.266 e. The third kappa shape index (κ3) is 3.61. The summed E-state index contributed by atoms with van der Waals surface area (Å²) in [5.41, 5.74) is 1.90. The first-order chi connectivity index (χ1) is 12.3. The van der Waals surface area contributed by atoms with E-state index in [0.717, 1.165) is 5.56 Å². The highest BCUT2D eigenvalue weighted by Crippen LogP contribution is 2.21. The molecule has 9 heteroatoms. The quantitative estimate of drug-likeness (QED) is 0.739. The zero-order valence-corrected chi connectivity index (χ0v) is 15.5. The molecule has 0 atom stereocenters. The van der Waals surface area contributed by atoms with Gasteiger partial charge in [-0.3, -0.25) is 4.79 Å². The van der Waals surface area contributed by atoms with Gasteiger partial charge in [-0.25, -0.2) is 17.8 Å². The highest BCUT2D eigenvalue weighted by molar-refractivity contribution is 7.90. The molecule has 0 aliphatic carbocycles. The molecule has 2 aromatic carbocycles. The maximum Gasteiger partial charge on any atom is 0.287 e. The Balaban J connectivity index is 1.86. The normalized spacial score (nSPS) is 11.3. The maximum atomic E-state index is 12.4. The van der Waals surface area contributed by atoms with Crippen LogP contribution in [0, 0.1) is 13.8 Å². The van der Waals surface area contributed by atoms with E-state index in [0.29, 0.717) is 16.3 Å². The fourth-order valence-electron chi connectivity index (χ4n) is 2.37. The molecule has 1 amide bonds. The molecule has 0 radical (unpaired) electrons. The highest BCUT2D eigenvalue weighted by Gasteiger charge is 2.22. The molecule has 3 aromatic rings. The third-order valence-electron chi connectivity index (χ3n) is 3.69. The van der Waals surface area contributed by atoms with Crippen molar-refractivity contribution in [1.29, 1.82) is 0 Å². The summed E-state index contributed by atoms with van der Waals surface area (Å²) < 4.78 is 28.1. The van der Waals surface area contributed by atoms with Crippen LogP contribution in [0.4, 0.5) is 0 Å². The van der Waals surface area contributed by atoms with Crippen LogP contribution in [0.15, 0.2) is 53.6 Å². The predicted octanol–water partition coefficient (Wildman–Crippen LogP) is 2.66. The van der Waals surface area contributed by atoms with E-state index >= 15 is 0 Å². The fraction of sp³-hybridized carbons (Fsp3) is 0.118. The van der Waals surface area contributed by atoms with Crippen molar-refractivity contribution in [3.63, 3.8) is 0 Å². The van der Waals surface area contributed by atoms with Crippen molar-refractivity contribution in [3.8, 4) is 5.69 Å². The molecule has 0 saturated carbocycles. The Morgan fingerprint density at radius 2 is 1.88 bits per heavy atom. The van der Waals surface area contributed by atoms with Gasteiger partial charge >= 0.3 is 0 Å². The lowest BCUT2D eigenvalue weighted by Gasteiger charge is -2.07. The molecule has 0 unspecified atom stereocenters. The van der Waals surface area contributed by atoms with Crippen LogP contribution in [0.5, 0.6) is 0 Å². The molecule has 0 bridgehead atoms. The van der Waals surface area contributed by atoms with Crippen LogP contribution >= 0.6 is 11.6 Å². The van der Waals surface area contributed by atoms with Crippen molar-refractivity contribution in [2.45, 2.75) is 18.7 Å². The molecule has 1 aromatic heterocycles. The Labute approximate surface area is 155 Å². The predicted molar refractivity (Wildman–Crippen MR) is 96.9 cm³/mol. The number of rotatable bonds is 4. The second kappa shape index (κ2) is 6.89. The number of nitrogens with one attached hydrogen (secondary N) is 1. The summed E-state index contributed by atoms with van der Waals surface area (Å²) in [7, 11) is -4.01. The van der Waals surface area contributed by atoms with Crippen molar-refractivity contribution in [3.05, 3.63) is 70.5 Å². The summed E-state index contributed by atoms with van der Waals surface area (Å²) in [5, 5.41) is 8.02. The van der Waals surface area contributed by atoms with Crippen LogP contribution in [0.25, 0.3) is 5.69 Å². The third-order valence-corrected chi connectivity index (χ3v) is 5.48. The second-order valence-corrected chi connectivity index (χ2v) is 7.76. The van der Waals surface area contributed by atoms with Gasteiger partial charge in [-0.2, -0.15) is 0 Å². The van der Waals surface area contributed by atoms with Crippen molar-refractivity contribution in [2.24, 2.45) is 0 Å². The van der Waals surface area contributed by atoms with E-state index in [1.807, 2.05) is 17.7 Å². The Hall–Kier alpha value is -2.71. The Kier molecular flexibility index (Phi) is 4.80. The minimum atomic E-state index is -4.01. The average Bonchev–Trinajstić information content (AvgIpc) is 3.04. The van der Waals surface area contributed by atoms with Gasteiger partial charge in [0.05, 0.1) is 21.8 Å². The van der Waals surface area contributed by atoms with E-state index < -0.39 is 15.9 Å². The number of aromatic nitrogens is 3. The van der Waals surface area contributed by atoms with Gasteiger partial charge in [0.1, 0.15) is 0 Å². The minimum absolute atomic E-state index is 0.0299. The zero-order valence-electron chi connectivity index (χ0n) is 14.0. The monoisotopic (exact) mass is 390 g/mol. The molecular formula is C17H15ClN4O3S. The number of hydrogen-bond donors (Lipinski definition) is 1. The number of carbonyl (C=O) groups is 1. The van der Waals surface area contributed by atoms with Crippen LogP contribution in [0.1, 0.15) is 21.6 Å². The topological polar surface area (TPSA) is 94.0 Å². The SMILES string of the molecule is Cc1ccc(-n2cc(C(=O)NS(=O)(=O)c3ccccc3C)nn2)c(Cl)c1. The number of nitrogens with zero attached hydrogens (tertiary/aromatic N) is 3. The summed E-state index contributed by atoms with van der Waals surface area (Å²) in [6.07, 6.45) is 1.32. The number of sulfonamides is 1. The molecular weight excluding hydrogens is 376 g/mol. The second-order valence-electron chi connectivity index (χ2n) is 5.70. The number of aryl methyl sites for hydroxylation is 2. The molecule has 1 heterocycles. The molecule has 0 aliphatic rings. The van der Waals surface area contributed by atoms with Crippen LogP contribution < -0.4 is 4.72 Å². The molecule has 26 heavy (non-hydrogen) atoms. The van der Waals surface area contributed by atoms with Crippen LogP contribution in [0.2, 0.25) is 5.02 Å². The lowest BCUT2D eigenvalue weighted by molar-refractivity contribution is 0.0976. The van der Waals surface area contributed by atoms with Gasteiger partial charge in [0.15, 0.2) is 5.69 Å². The number of amides is 1. The first-order valence-corrected chi connectivity index (χ1v) is 9.46. The van der Waals surface area contributed by atoms with Crippen LogP contribution in [-0.2, 0) is 10.0 Å². The summed E-state index contributed by atoms with van der Waals surface area (Å²) in [5.74, 6) is -0.872. The first-order valence-electron chi connectivity index (χ1n) is 7.59. The van der Waals surface area contributed by atoms with Gasteiger partial charge in [0, 0.05) is 0 Å². The molecule has 1 N–H and O–H groups in total. The fourth-order valence-corrected chi connectivity index (χ4v) is 3.90. The van der Waals surface area contributed by atoms with Crippen LogP contribution in [-0.4, -0.2) is 29.3 Å². The molecule has 134 valence electrons. The first kappa shape index (κ1) is 18.1. The van der Waals surface area contributed by atoms with Crippen molar-refractivity contribution in [1.82, 2.24) is 19.7 Å². The van der Waals surface area contributed by atoms with Gasteiger partial charge < -0.3 is 0 Å². The van der Waals surface area contributed by atoms with Gasteiger partial charge in [-0.1, -0.05) is 41.1 Å². The van der Waals surface area contributed by atoms with E-state index in [4.69, 9.17) is 11.6 Å². The van der Waals surface area contributed by atoms with Crippen molar-refractivity contribution < 1.29 is 13.2 Å². The molecule has 7 nitrogen and oxygen atoms in total. The van der Waals surface area contributed by atoms with Gasteiger partial charge in [-0.15, -0.1) is 5.10 Å². The minimum Gasteiger partial charge on any atom is -0.266 e. The average molecular weight is 391 g/mol. The lowest BCUT2D eigenvalue weighted by atomic mass is 10.2. The largest absolute Gasteiger partial charge is 0.287 e. The summed E-state index contributed by atoms with van der Waals surface area (Å²) in [6, 6.07) is 11.7. The molecule has 3 rings (SSSR count). The summed E-state index contributed by atoms with van der Waals surface area (Å²) >= 11 is 6.17. The van der Waals surface area contributed by atoms with Crippen molar-refractivity contribution in [2.75, 3.05) is 0 Å². The molecule has 0 aliphatic heterocycles. The maximum absolute atomic E-state index is 12.4. The number of benzene rings is 2. The summed E-state index contributed by atoms with van der Waals surface area (Å²) in [6.45, 7) is 3.54. The Morgan fingerprint density at radius 1 is 1.15 bits per heavy atom. The van der Waals surface area contributed by atoms with E-state index in [1.165, 1.54) is 16.9 Å². The van der Waals surface area contributed by atoms with Gasteiger partial charge in [0.25, 0.3) is 15.9 Å². The van der Waals surface area contributed by atoms with Gasteiger partial charge in [0.2, 0.25) is 0 Å². The van der Waals surface area contributed by atoms with Crippen molar-refractivity contribution >= 4 is 27.5 Å². The molecule has 0 fully saturated rings. The lowest BCUT2D eigenvalue weighted by Crippen LogP contribution is -2.31. The van der Waals surface area contributed by atoms with E-state index in [2.05, 4.69) is 10.3 Å². The Morgan fingerprint density at radius 3 is 2.58 bits per heavy atom. The van der Waals surface area contributed by atoms with E-state index in [-0.39, 0.29) is 10.6 Å². The molecule has 0 spiro atoms. The highest BCUT2D eigenvalue weighted by atomic mass is 35.5. The number of carbonyl (C=O) groups excluding carboxylic acids is 1. The Bertz CT molecular complexity index is 1090. The summed E-state index contributed by atoms with van der Waals surface area (Å²) in [4.78, 5) is 12.3. The number of hydrogen-bond acceptors (Lipinski definition) is 5. The standard InChI is InChI=1S/C17H15ClN4O3S/c1-11-7-8-15(13(18)9-11)22-10-14(19-21-22)17(23)20-26(24,25)16-6-4-3-5-12(16)2/h3-10H,1-2H3,(H,20,23). The van der Waals surface area contributed by atoms with E-state index in [9.17, 15) is 13.2 Å². The zero-order chi connectivity index (χ0) is 18.9. The van der Waals surface area contributed by atoms with Crippen LogP contribution in [0.3, 0.4) is 0 Å². The number of halogens is 1. The molecule has 0 saturated heterocycles.